The van der Waals surface area contributed by atoms with Crippen LogP contribution in [0, 0.1) is 12.7 Å². The molecule has 0 saturated heterocycles. The molecule has 0 aliphatic rings. The Balaban J connectivity index is 1.49. The lowest BCUT2D eigenvalue weighted by molar-refractivity contribution is 0.251. The van der Waals surface area contributed by atoms with E-state index in [1.807, 2.05) is 47.9 Å². The molecule has 2 amide bonds. The maximum absolute atomic E-state index is 13.3. The molecule has 0 aliphatic carbocycles. The molecule has 0 atom stereocenters. The minimum Gasteiger partial charge on any atom is -0.336 e. The number of nitrogens with one attached hydrogen (secondary N) is 2. The summed E-state index contributed by atoms with van der Waals surface area (Å²) in [5.74, 6) is 0.378. The lowest BCUT2D eigenvalue weighted by atomic mass is 10.2. The molecular weight excluding hydrogens is 369 g/mol. The zero-order valence-electron chi connectivity index (χ0n) is 15.9. The SMILES string of the molecule is Cc1ccc(NC(=O)NCCn2c(-c3ccc(F)cc3)nc3cccnc32)cc1. The molecule has 146 valence electrons. The Bertz CT molecular complexity index is 1140. The third-order valence-electron chi connectivity index (χ3n) is 4.54. The van der Waals surface area contributed by atoms with Crippen LogP contribution >= 0.6 is 0 Å². The number of carbonyl (C=O) groups is 1. The number of pyridine rings is 1. The first-order valence-electron chi connectivity index (χ1n) is 9.29. The van der Waals surface area contributed by atoms with E-state index in [9.17, 15) is 9.18 Å². The second-order valence-corrected chi connectivity index (χ2v) is 6.69. The summed E-state index contributed by atoms with van der Waals surface area (Å²) >= 11 is 0. The van der Waals surface area contributed by atoms with Crippen LogP contribution in [-0.2, 0) is 6.54 Å². The molecular formula is C22H20FN5O. The van der Waals surface area contributed by atoms with Crippen molar-refractivity contribution in [3.63, 3.8) is 0 Å². The Morgan fingerprint density at radius 1 is 1.07 bits per heavy atom. The van der Waals surface area contributed by atoms with Gasteiger partial charge < -0.3 is 15.2 Å². The fraction of sp³-hybridized carbons (Fsp3) is 0.136. The minimum atomic E-state index is -0.302. The number of hydrogen-bond donors (Lipinski definition) is 2. The van der Waals surface area contributed by atoms with Gasteiger partial charge in [-0.2, -0.15) is 0 Å². The zero-order chi connectivity index (χ0) is 20.2. The van der Waals surface area contributed by atoms with Crippen LogP contribution < -0.4 is 10.6 Å². The van der Waals surface area contributed by atoms with Crippen LogP contribution in [0.25, 0.3) is 22.6 Å². The standard InChI is InChI=1S/C22H20FN5O/c1-15-4-10-18(11-5-15)26-22(29)25-13-14-28-20(16-6-8-17(23)9-7-16)27-19-3-2-12-24-21(19)28/h2-12H,13-14H2,1H3,(H2,25,26,29). The Hall–Kier alpha value is -3.74. The summed E-state index contributed by atoms with van der Waals surface area (Å²) in [4.78, 5) is 21.2. The summed E-state index contributed by atoms with van der Waals surface area (Å²) in [6, 6.07) is 17.2. The first-order valence-corrected chi connectivity index (χ1v) is 9.29. The number of fused-ring (bicyclic) bond motifs is 1. The van der Waals surface area contributed by atoms with Gasteiger partial charge in [-0.3, -0.25) is 0 Å². The quantitative estimate of drug-likeness (QED) is 0.532. The highest BCUT2D eigenvalue weighted by Gasteiger charge is 2.13. The fourth-order valence-electron chi connectivity index (χ4n) is 3.08. The number of imidazole rings is 1. The van der Waals surface area contributed by atoms with Gasteiger partial charge in [-0.1, -0.05) is 17.7 Å². The second kappa shape index (κ2) is 8.10. The van der Waals surface area contributed by atoms with Crippen LogP contribution in [0.4, 0.5) is 14.9 Å². The predicted molar refractivity (Wildman–Crippen MR) is 111 cm³/mol. The molecule has 0 aliphatic heterocycles. The molecule has 0 saturated carbocycles. The summed E-state index contributed by atoms with van der Waals surface area (Å²) in [6.07, 6.45) is 1.70. The molecule has 0 fully saturated rings. The van der Waals surface area contributed by atoms with E-state index in [4.69, 9.17) is 0 Å². The monoisotopic (exact) mass is 389 g/mol. The molecule has 0 spiro atoms. The van der Waals surface area contributed by atoms with Crippen LogP contribution in [0.15, 0.2) is 66.9 Å². The van der Waals surface area contributed by atoms with Crippen LogP contribution in [0.2, 0.25) is 0 Å². The average Bonchev–Trinajstić information content (AvgIpc) is 3.09. The Kier molecular flexibility index (Phi) is 5.20. The number of aromatic nitrogens is 3. The summed E-state index contributed by atoms with van der Waals surface area (Å²) in [7, 11) is 0. The van der Waals surface area contributed by atoms with Crippen LogP contribution in [0.3, 0.4) is 0 Å². The summed E-state index contributed by atoms with van der Waals surface area (Å²) in [5.41, 5.74) is 4.11. The molecule has 2 aromatic heterocycles. The molecule has 4 rings (SSSR count). The highest BCUT2D eigenvalue weighted by molar-refractivity contribution is 5.89. The van der Waals surface area contributed by atoms with Crippen molar-refractivity contribution in [2.24, 2.45) is 0 Å². The Morgan fingerprint density at radius 3 is 2.59 bits per heavy atom. The van der Waals surface area contributed by atoms with Crippen LogP contribution in [0.1, 0.15) is 5.56 Å². The van der Waals surface area contributed by atoms with Gasteiger partial charge in [-0.05, 0) is 55.5 Å². The van der Waals surface area contributed by atoms with E-state index in [1.165, 1.54) is 12.1 Å². The molecule has 0 unspecified atom stereocenters. The van der Waals surface area contributed by atoms with E-state index in [0.717, 1.165) is 22.3 Å². The molecule has 0 radical (unpaired) electrons. The number of rotatable bonds is 5. The molecule has 2 heterocycles. The second-order valence-electron chi connectivity index (χ2n) is 6.69. The summed E-state index contributed by atoms with van der Waals surface area (Å²) < 4.78 is 15.2. The molecule has 6 nitrogen and oxygen atoms in total. The van der Waals surface area contributed by atoms with Crippen molar-refractivity contribution in [1.82, 2.24) is 19.9 Å². The van der Waals surface area contributed by atoms with Gasteiger partial charge in [0, 0.05) is 30.5 Å². The number of aryl methyl sites for hydroxylation is 1. The number of benzene rings is 2. The van der Waals surface area contributed by atoms with E-state index in [2.05, 4.69) is 20.6 Å². The van der Waals surface area contributed by atoms with Crippen molar-refractivity contribution < 1.29 is 9.18 Å². The molecule has 2 N–H and O–H groups in total. The van der Waals surface area contributed by atoms with Crippen molar-refractivity contribution in [1.29, 1.82) is 0 Å². The maximum Gasteiger partial charge on any atom is 0.319 e. The smallest absolute Gasteiger partial charge is 0.319 e. The zero-order valence-corrected chi connectivity index (χ0v) is 15.9. The van der Waals surface area contributed by atoms with E-state index < -0.39 is 0 Å². The molecule has 4 aromatic rings. The van der Waals surface area contributed by atoms with Crippen molar-refractivity contribution in [2.75, 3.05) is 11.9 Å². The fourth-order valence-corrected chi connectivity index (χ4v) is 3.08. The van der Waals surface area contributed by atoms with Crippen molar-refractivity contribution in [2.45, 2.75) is 13.5 Å². The Morgan fingerprint density at radius 2 is 1.83 bits per heavy atom. The number of nitrogens with zero attached hydrogens (tertiary/aromatic N) is 3. The Labute approximate surface area is 167 Å². The normalized spacial score (nSPS) is 10.8. The van der Waals surface area contributed by atoms with Crippen molar-refractivity contribution in [3.05, 3.63) is 78.2 Å². The van der Waals surface area contributed by atoms with E-state index >= 15 is 0 Å². The van der Waals surface area contributed by atoms with Gasteiger partial charge in [-0.15, -0.1) is 0 Å². The van der Waals surface area contributed by atoms with Crippen molar-refractivity contribution in [3.8, 4) is 11.4 Å². The van der Waals surface area contributed by atoms with Gasteiger partial charge in [0.1, 0.15) is 17.2 Å². The topological polar surface area (TPSA) is 71.8 Å². The number of halogens is 1. The highest BCUT2D eigenvalue weighted by Crippen LogP contribution is 2.23. The minimum absolute atomic E-state index is 0.283. The average molecular weight is 389 g/mol. The van der Waals surface area contributed by atoms with Gasteiger partial charge in [0.2, 0.25) is 0 Å². The molecule has 29 heavy (non-hydrogen) atoms. The number of anilines is 1. The van der Waals surface area contributed by atoms with Crippen molar-refractivity contribution >= 4 is 22.9 Å². The van der Waals surface area contributed by atoms with Crippen LogP contribution in [-0.4, -0.2) is 27.1 Å². The number of amides is 2. The number of hydrogen-bond acceptors (Lipinski definition) is 3. The van der Waals surface area contributed by atoms with Crippen LogP contribution in [0.5, 0.6) is 0 Å². The third kappa shape index (κ3) is 4.24. The first kappa shape index (κ1) is 18.6. The maximum atomic E-state index is 13.3. The summed E-state index contributed by atoms with van der Waals surface area (Å²) in [6.45, 7) is 2.85. The van der Waals surface area contributed by atoms with E-state index in [0.29, 0.717) is 24.6 Å². The van der Waals surface area contributed by atoms with E-state index in [1.54, 1.807) is 18.3 Å². The van der Waals surface area contributed by atoms with Gasteiger partial charge in [0.25, 0.3) is 0 Å². The highest BCUT2D eigenvalue weighted by atomic mass is 19.1. The van der Waals surface area contributed by atoms with Gasteiger partial charge >= 0.3 is 6.03 Å². The molecule has 2 aromatic carbocycles. The molecule has 7 heteroatoms. The number of carbonyl (C=O) groups excluding carboxylic acids is 1. The van der Waals surface area contributed by atoms with E-state index in [-0.39, 0.29) is 11.8 Å². The largest absolute Gasteiger partial charge is 0.336 e. The third-order valence-corrected chi connectivity index (χ3v) is 4.54. The molecule has 0 bridgehead atoms. The number of urea groups is 1. The summed E-state index contributed by atoms with van der Waals surface area (Å²) in [5, 5.41) is 5.66. The van der Waals surface area contributed by atoms with Gasteiger partial charge in [0.05, 0.1) is 0 Å². The lowest BCUT2D eigenvalue weighted by Crippen LogP contribution is -2.31. The lowest BCUT2D eigenvalue weighted by Gasteiger charge is -2.11. The predicted octanol–water partition coefficient (Wildman–Crippen LogP) is 4.37. The first-order chi connectivity index (χ1) is 14.1. The van der Waals surface area contributed by atoms with Gasteiger partial charge in [-0.25, -0.2) is 19.2 Å². The van der Waals surface area contributed by atoms with Gasteiger partial charge in [0.15, 0.2) is 5.65 Å².